The lowest BCUT2D eigenvalue weighted by Gasteiger charge is -1.84. The molecule has 0 saturated heterocycles. The van der Waals surface area contributed by atoms with E-state index >= 15 is 0 Å². The van der Waals surface area contributed by atoms with Gasteiger partial charge < -0.3 is 5.11 Å². The predicted molar refractivity (Wildman–Crippen MR) is 27.1 cm³/mol. The van der Waals surface area contributed by atoms with Gasteiger partial charge in [0.1, 0.15) is 5.83 Å². The molecule has 0 heterocycles. The maximum absolute atomic E-state index is 11.9. The summed E-state index contributed by atoms with van der Waals surface area (Å²) in [7, 11) is 0. The van der Waals surface area contributed by atoms with Crippen molar-refractivity contribution in [3.05, 3.63) is 11.9 Å². The van der Waals surface area contributed by atoms with Crippen molar-refractivity contribution < 1.29 is 19.1 Å². The summed E-state index contributed by atoms with van der Waals surface area (Å²) in [5.74, 6) is -2.29. The fourth-order valence-corrected chi connectivity index (χ4v) is 0.259. The Balaban J connectivity index is 3.75. The van der Waals surface area contributed by atoms with Crippen LogP contribution in [0.4, 0.5) is 4.39 Å². The van der Waals surface area contributed by atoms with Crippen LogP contribution in [0.2, 0.25) is 0 Å². The summed E-state index contributed by atoms with van der Waals surface area (Å²) in [6.45, 7) is 0. The lowest BCUT2D eigenvalue weighted by molar-refractivity contribution is -0.136. The number of rotatable bonds is 3. The first-order chi connectivity index (χ1) is 4.16. The third kappa shape index (κ3) is 4.67. The number of carboxylic acid groups (broad SMARTS) is 1. The number of aliphatic carboxylic acids is 1. The van der Waals surface area contributed by atoms with Crippen LogP contribution in [0.5, 0.6) is 0 Å². The van der Waals surface area contributed by atoms with Gasteiger partial charge in [0.15, 0.2) is 0 Å². The monoisotopic (exact) mass is 131 g/mol. The number of carbonyl (C=O) groups excluding carboxylic acids is 1. The zero-order valence-corrected chi connectivity index (χ0v) is 4.43. The molecule has 49 valence electrons. The Bertz CT molecular complexity index is 150. The Labute approximate surface area is 50.8 Å². The second kappa shape index (κ2) is 3.77. The molecule has 0 rings (SSSR count). The number of allylic oxidation sites excluding steroid dienone is 1. The van der Waals surface area contributed by atoms with E-state index in [2.05, 4.69) is 0 Å². The number of carbonyl (C=O) groups is 1. The van der Waals surface area contributed by atoms with Crippen LogP contribution in [0.15, 0.2) is 11.9 Å². The van der Waals surface area contributed by atoms with Gasteiger partial charge in [-0.1, -0.05) is 0 Å². The summed E-state index contributed by atoms with van der Waals surface area (Å²) < 4.78 is 11.9. The average molecular weight is 131 g/mol. The lowest BCUT2D eigenvalue weighted by Crippen LogP contribution is -1.93. The second-order valence-corrected chi connectivity index (χ2v) is 1.28. The number of carboxylic acids is 1. The maximum Gasteiger partial charge on any atom is 0.310 e. The molecule has 0 aliphatic rings. The van der Waals surface area contributed by atoms with E-state index in [0.29, 0.717) is 6.08 Å². The van der Waals surface area contributed by atoms with Crippen LogP contribution >= 0.6 is 0 Å². The van der Waals surface area contributed by atoms with Crippen LogP contribution in [-0.4, -0.2) is 17.4 Å². The van der Waals surface area contributed by atoms with Gasteiger partial charge in [-0.25, -0.2) is 4.39 Å². The quantitative estimate of drug-likeness (QED) is 0.565. The normalized spacial score (nSPS) is 11.0. The van der Waals surface area contributed by atoms with E-state index in [-0.39, 0.29) is 0 Å². The Kier molecular flexibility index (Phi) is 3.27. The first-order valence-corrected chi connectivity index (χ1v) is 2.11. The zero-order chi connectivity index (χ0) is 7.28. The molecule has 4 heteroatoms. The summed E-state index contributed by atoms with van der Waals surface area (Å²) >= 11 is 0. The van der Waals surface area contributed by atoms with Crippen molar-refractivity contribution in [1.82, 2.24) is 0 Å². The highest BCUT2D eigenvalue weighted by atomic mass is 19.1. The van der Waals surface area contributed by atoms with Crippen molar-refractivity contribution in [2.45, 2.75) is 6.42 Å². The van der Waals surface area contributed by atoms with Crippen LogP contribution in [0.3, 0.4) is 0 Å². The molecule has 0 aromatic rings. The molecular weight excluding hydrogens is 127 g/mol. The summed E-state index contributed by atoms with van der Waals surface area (Å²) in [5.41, 5.74) is 0. The van der Waals surface area contributed by atoms with Crippen LogP contribution in [0.25, 0.3) is 0 Å². The highest BCUT2D eigenvalue weighted by Crippen LogP contribution is 1.99. The van der Waals surface area contributed by atoms with Crippen LogP contribution < -0.4 is 0 Å². The van der Waals surface area contributed by atoms with Crippen molar-refractivity contribution in [3.8, 4) is 0 Å². The third-order valence-corrected chi connectivity index (χ3v) is 0.536. The first-order valence-electron chi connectivity index (χ1n) is 2.11. The SMILES string of the molecule is O=[C]/C=C(\F)CC(=O)O. The highest BCUT2D eigenvalue weighted by Gasteiger charge is 2.00. The second-order valence-electron chi connectivity index (χ2n) is 1.28. The fourth-order valence-electron chi connectivity index (χ4n) is 0.259. The highest BCUT2D eigenvalue weighted by molar-refractivity contribution is 5.73. The van der Waals surface area contributed by atoms with Gasteiger partial charge in [-0.05, 0) is 0 Å². The summed E-state index contributed by atoms with van der Waals surface area (Å²) in [6, 6.07) is 0. The van der Waals surface area contributed by atoms with Crippen LogP contribution in [0, 0.1) is 0 Å². The Morgan fingerprint density at radius 3 is 2.67 bits per heavy atom. The van der Waals surface area contributed by atoms with E-state index in [1.807, 2.05) is 0 Å². The first kappa shape index (κ1) is 7.81. The van der Waals surface area contributed by atoms with Gasteiger partial charge in [-0.15, -0.1) is 0 Å². The largest absolute Gasteiger partial charge is 0.481 e. The number of halogens is 1. The fraction of sp³-hybridized carbons (Fsp3) is 0.200. The maximum atomic E-state index is 11.9. The van der Waals surface area contributed by atoms with E-state index in [1.54, 1.807) is 0 Å². The Morgan fingerprint density at radius 1 is 1.78 bits per heavy atom. The summed E-state index contributed by atoms with van der Waals surface area (Å²) in [5, 5.41) is 7.90. The van der Waals surface area contributed by atoms with Gasteiger partial charge in [-0.3, -0.25) is 9.59 Å². The molecule has 9 heavy (non-hydrogen) atoms. The summed E-state index contributed by atoms with van der Waals surface area (Å²) in [4.78, 5) is 19.0. The molecule has 3 nitrogen and oxygen atoms in total. The molecule has 0 amide bonds. The van der Waals surface area contributed by atoms with Gasteiger partial charge in [-0.2, -0.15) is 0 Å². The van der Waals surface area contributed by atoms with E-state index in [1.165, 1.54) is 0 Å². The molecule has 0 atom stereocenters. The molecule has 0 unspecified atom stereocenters. The number of hydrogen-bond acceptors (Lipinski definition) is 2. The van der Waals surface area contributed by atoms with Crippen molar-refractivity contribution in [2.75, 3.05) is 0 Å². The van der Waals surface area contributed by atoms with Gasteiger partial charge in [0, 0.05) is 6.08 Å². The standard InChI is InChI=1S/C5H4FO3/c6-4(1-2-7)3-5(8)9/h1H,3H2,(H,8,9)/b4-1-. The third-order valence-electron chi connectivity index (χ3n) is 0.536. The topological polar surface area (TPSA) is 54.4 Å². The van der Waals surface area contributed by atoms with E-state index in [0.717, 1.165) is 6.29 Å². The number of hydrogen-bond donors (Lipinski definition) is 1. The minimum atomic E-state index is -1.31. The average Bonchev–Trinajstić information content (AvgIpc) is 1.63. The van der Waals surface area contributed by atoms with Crippen LogP contribution in [-0.2, 0) is 9.59 Å². The van der Waals surface area contributed by atoms with Crippen molar-refractivity contribution in [2.24, 2.45) is 0 Å². The van der Waals surface area contributed by atoms with E-state index in [9.17, 15) is 14.0 Å². The minimum absolute atomic E-state index is 0.453. The van der Waals surface area contributed by atoms with Gasteiger partial charge in [0.2, 0.25) is 6.29 Å². The summed E-state index contributed by atoms with van der Waals surface area (Å²) in [6.07, 6.45) is 0.820. The van der Waals surface area contributed by atoms with Crippen molar-refractivity contribution >= 4 is 12.3 Å². The van der Waals surface area contributed by atoms with Gasteiger partial charge in [0.05, 0.1) is 6.42 Å². The molecule has 0 aromatic heterocycles. The zero-order valence-electron chi connectivity index (χ0n) is 4.43. The Morgan fingerprint density at radius 2 is 2.33 bits per heavy atom. The van der Waals surface area contributed by atoms with Gasteiger partial charge >= 0.3 is 5.97 Å². The Hall–Kier alpha value is -1.19. The molecule has 0 bridgehead atoms. The lowest BCUT2D eigenvalue weighted by atomic mass is 10.4. The smallest absolute Gasteiger partial charge is 0.310 e. The molecule has 0 aromatic carbocycles. The predicted octanol–water partition coefficient (Wildman–Crippen LogP) is 0.424. The molecule has 1 N–H and O–H groups in total. The minimum Gasteiger partial charge on any atom is -0.481 e. The van der Waals surface area contributed by atoms with Gasteiger partial charge in [0.25, 0.3) is 0 Å². The van der Waals surface area contributed by atoms with Crippen molar-refractivity contribution in [3.63, 3.8) is 0 Å². The molecule has 0 fully saturated rings. The van der Waals surface area contributed by atoms with Crippen LogP contribution in [0.1, 0.15) is 6.42 Å². The van der Waals surface area contributed by atoms with E-state index < -0.39 is 18.2 Å². The molecule has 1 radical (unpaired) electrons. The van der Waals surface area contributed by atoms with E-state index in [4.69, 9.17) is 5.11 Å². The molecule has 0 spiro atoms. The molecule has 0 saturated carbocycles. The molecular formula is C5H4FO3. The molecule has 0 aliphatic heterocycles. The molecule has 0 aliphatic carbocycles. The van der Waals surface area contributed by atoms with Crippen molar-refractivity contribution in [1.29, 1.82) is 0 Å².